The third-order valence-electron chi connectivity index (χ3n) is 2.03. The number of hydrogen-bond donors (Lipinski definition) is 1. The summed E-state index contributed by atoms with van der Waals surface area (Å²) in [7, 11) is 0. The van der Waals surface area contributed by atoms with Crippen LogP contribution in [0.25, 0.3) is 0 Å². The van der Waals surface area contributed by atoms with Gasteiger partial charge in [-0.15, -0.1) is 0 Å². The molecule has 1 saturated heterocycles. The van der Waals surface area contributed by atoms with Crippen molar-refractivity contribution in [2.24, 2.45) is 5.73 Å². The van der Waals surface area contributed by atoms with Crippen molar-refractivity contribution in [3.05, 3.63) is 0 Å². The monoisotopic (exact) mass is 186 g/mol. The van der Waals surface area contributed by atoms with Crippen LogP contribution < -0.4 is 5.73 Å². The third-order valence-corrected chi connectivity index (χ3v) is 2.03. The first-order valence-electron chi connectivity index (χ1n) is 4.75. The van der Waals surface area contributed by atoms with Crippen molar-refractivity contribution in [2.45, 2.75) is 32.4 Å². The molecule has 13 heavy (non-hydrogen) atoms. The number of ether oxygens (including phenoxy) is 1. The van der Waals surface area contributed by atoms with Gasteiger partial charge in [-0.2, -0.15) is 0 Å². The van der Waals surface area contributed by atoms with Crippen molar-refractivity contribution in [3.8, 4) is 0 Å². The number of carbonyl (C=O) groups is 1. The van der Waals surface area contributed by atoms with E-state index in [9.17, 15) is 4.79 Å². The molecule has 0 bridgehead atoms. The lowest BCUT2D eigenvalue weighted by atomic mass is 10.3. The molecule has 76 valence electrons. The molecule has 1 fully saturated rings. The molecule has 4 heteroatoms. The Labute approximate surface area is 79.0 Å². The molecular weight excluding hydrogens is 168 g/mol. The van der Waals surface area contributed by atoms with Crippen LogP contribution in [-0.2, 0) is 9.53 Å². The van der Waals surface area contributed by atoms with E-state index in [0.717, 1.165) is 19.5 Å². The Bertz CT molecular complexity index is 182. The minimum atomic E-state index is -0.149. The average Bonchev–Trinajstić information content (AvgIpc) is 2.33. The summed E-state index contributed by atoms with van der Waals surface area (Å²) in [5.74, 6) is -0.149. The second kappa shape index (κ2) is 4.58. The van der Waals surface area contributed by atoms with Gasteiger partial charge in [-0.05, 0) is 20.3 Å². The Balaban J connectivity index is 2.21. The molecule has 0 aliphatic carbocycles. The molecule has 4 nitrogen and oxygen atoms in total. The molecule has 0 aromatic rings. The number of hydrogen-bond acceptors (Lipinski definition) is 4. The molecule has 0 spiro atoms. The van der Waals surface area contributed by atoms with Gasteiger partial charge >= 0.3 is 5.97 Å². The zero-order valence-electron chi connectivity index (χ0n) is 8.32. The fraction of sp³-hybridized carbons (Fsp3) is 0.889. The highest BCUT2D eigenvalue weighted by Gasteiger charge is 2.21. The van der Waals surface area contributed by atoms with Crippen molar-refractivity contribution >= 4 is 5.97 Å². The molecule has 1 aliphatic rings. The molecule has 1 heterocycles. The normalized spacial score (nSPS) is 23.8. The summed E-state index contributed by atoms with van der Waals surface area (Å²) in [6.07, 6.45) is 0.957. The first-order valence-corrected chi connectivity index (χ1v) is 4.75. The van der Waals surface area contributed by atoms with Crippen molar-refractivity contribution in [1.29, 1.82) is 0 Å². The lowest BCUT2D eigenvalue weighted by Gasteiger charge is -2.15. The van der Waals surface area contributed by atoms with Crippen LogP contribution in [0.2, 0.25) is 0 Å². The summed E-state index contributed by atoms with van der Waals surface area (Å²) in [6, 6.07) is 0.229. The fourth-order valence-electron chi connectivity index (χ4n) is 1.49. The predicted molar refractivity (Wildman–Crippen MR) is 50.3 cm³/mol. The standard InChI is InChI=1S/C9H18N2O2/c1-7(2)13-9(12)6-11-4-3-8(10)5-11/h7-8H,3-6,10H2,1-2H3/t8-/m1/s1. The van der Waals surface area contributed by atoms with Crippen LogP contribution >= 0.6 is 0 Å². The summed E-state index contributed by atoms with van der Waals surface area (Å²) < 4.78 is 5.03. The van der Waals surface area contributed by atoms with Crippen LogP contribution in [0.3, 0.4) is 0 Å². The highest BCUT2D eigenvalue weighted by atomic mass is 16.5. The maximum Gasteiger partial charge on any atom is 0.320 e. The lowest BCUT2D eigenvalue weighted by molar-refractivity contribution is -0.148. The van der Waals surface area contributed by atoms with E-state index in [1.54, 1.807) is 0 Å². The van der Waals surface area contributed by atoms with E-state index in [0.29, 0.717) is 6.54 Å². The van der Waals surface area contributed by atoms with Crippen LogP contribution in [-0.4, -0.2) is 42.6 Å². The topological polar surface area (TPSA) is 55.6 Å². The average molecular weight is 186 g/mol. The number of likely N-dealkylation sites (tertiary alicyclic amines) is 1. The summed E-state index contributed by atoms with van der Waals surface area (Å²) in [6.45, 7) is 5.81. The largest absolute Gasteiger partial charge is 0.462 e. The molecule has 0 saturated carbocycles. The van der Waals surface area contributed by atoms with E-state index in [2.05, 4.69) is 0 Å². The van der Waals surface area contributed by atoms with Gasteiger partial charge in [0.2, 0.25) is 0 Å². The van der Waals surface area contributed by atoms with Crippen LogP contribution in [0.5, 0.6) is 0 Å². The Morgan fingerprint density at radius 2 is 2.38 bits per heavy atom. The number of nitrogens with two attached hydrogens (primary N) is 1. The molecule has 2 N–H and O–H groups in total. The van der Waals surface area contributed by atoms with E-state index >= 15 is 0 Å². The number of carbonyl (C=O) groups excluding carboxylic acids is 1. The van der Waals surface area contributed by atoms with Gasteiger partial charge in [0.05, 0.1) is 12.6 Å². The van der Waals surface area contributed by atoms with Gasteiger partial charge in [0.1, 0.15) is 0 Å². The molecule has 0 aromatic heterocycles. The molecular formula is C9H18N2O2. The van der Waals surface area contributed by atoms with E-state index in [1.807, 2.05) is 18.7 Å². The highest BCUT2D eigenvalue weighted by molar-refractivity contribution is 5.71. The molecule has 1 rings (SSSR count). The van der Waals surface area contributed by atoms with Crippen molar-refractivity contribution in [3.63, 3.8) is 0 Å². The van der Waals surface area contributed by atoms with E-state index < -0.39 is 0 Å². The third kappa shape index (κ3) is 3.74. The van der Waals surface area contributed by atoms with E-state index in [-0.39, 0.29) is 18.1 Å². The van der Waals surface area contributed by atoms with Gasteiger partial charge in [-0.25, -0.2) is 0 Å². The van der Waals surface area contributed by atoms with E-state index in [1.165, 1.54) is 0 Å². The Kier molecular flexibility index (Phi) is 3.69. The number of esters is 1. The van der Waals surface area contributed by atoms with E-state index in [4.69, 9.17) is 10.5 Å². The first-order chi connectivity index (χ1) is 6.08. The van der Waals surface area contributed by atoms with Crippen molar-refractivity contribution < 1.29 is 9.53 Å². The van der Waals surface area contributed by atoms with Crippen LogP contribution in [0.15, 0.2) is 0 Å². The maximum absolute atomic E-state index is 11.2. The second-order valence-electron chi connectivity index (χ2n) is 3.82. The molecule has 0 radical (unpaired) electrons. The summed E-state index contributed by atoms with van der Waals surface area (Å²) >= 11 is 0. The zero-order chi connectivity index (χ0) is 9.84. The van der Waals surface area contributed by atoms with Gasteiger partial charge in [0.25, 0.3) is 0 Å². The summed E-state index contributed by atoms with van der Waals surface area (Å²) in [4.78, 5) is 13.2. The SMILES string of the molecule is CC(C)OC(=O)CN1CC[C@@H](N)C1. The fourth-order valence-corrected chi connectivity index (χ4v) is 1.49. The molecule has 1 aliphatic heterocycles. The van der Waals surface area contributed by atoms with Gasteiger partial charge in [0, 0.05) is 19.1 Å². The maximum atomic E-state index is 11.2. The van der Waals surface area contributed by atoms with Crippen molar-refractivity contribution in [2.75, 3.05) is 19.6 Å². The molecule has 0 aromatic carbocycles. The summed E-state index contributed by atoms with van der Waals surface area (Å²) in [5, 5.41) is 0. The Hall–Kier alpha value is -0.610. The quantitative estimate of drug-likeness (QED) is 0.629. The molecule has 1 atom stereocenters. The van der Waals surface area contributed by atoms with Crippen LogP contribution in [0.1, 0.15) is 20.3 Å². The number of rotatable bonds is 3. The Morgan fingerprint density at radius 1 is 1.69 bits per heavy atom. The van der Waals surface area contributed by atoms with Gasteiger partial charge in [-0.3, -0.25) is 9.69 Å². The minimum Gasteiger partial charge on any atom is -0.462 e. The minimum absolute atomic E-state index is 0.0243. The lowest BCUT2D eigenvalue weighted by Crippen LogP contribution is -2.32. The smallest absolute Gasteiger partial charge is 0.320 e. The highest BCUT2D eigenvalue weighted by Crippen LogP contribution is 2.06. The van der Waals surface area contributed by atoms with Crippen LogP contribution in [0.4, 0.5) is 0 Å². The van der Waals surface area contributed by atoms with Crippen LogP contribution in [0, 0.1) is 0 Å². The number of nitrogens with zero attached hydrogens (tertiary/aromatic N) is 1. The summed E-state index contributed by atoms with van der Waals surface area (Å²) in [5.41, 5.74) is 5.71. The van der Waals surface area contributed by atoms with Gasteiger partial charge in [0.15, 0.2) is 0 Å². The Morgan fingerprint density at radius 3 is 2.85 bits per heavy atom. The van der Waals surface area contributed by atoms with Crippen molar-refractivity contribution in [1.82, 2.24) is 4.90 Å². The van der Waals surface area contributed by atoms with Gasteiger partial charge in [-0.1, -0.05) is 0 Å². The predicted octanol–water partition coefficient (Wildman–Crippen LogP) is -0.0290. The zero-order valence-corrected chi connectivity index (χ0v) is 8.32. The molecule has 0 unspecified atom stereocenters. The molecule has 0 amide bonds. The second-order valence-corrected chi connectivity index (χ2v) is 3.82. The van der Waals surface area contributed by atoms with Gasteiger partial charge < -0.3 is 10.5 Å². The first kappa shape index (κ1) is 10.5.